The number of hydrogen-bond acceptors (Lipinski definition) is 2. The molecule has 4 rings (SSSR count). The molecular weight excluding hydrogens is 272 g/mol. The predicted molar refractivity (Wildman–Crippen MR) is 76.7 cm³/mol. The van der Waals surface area contributed by atoms with Gasteiger partial charge in [-0.15, -0.1) is 0 Å². The average Bonchev–Trinajstić information content (AvgIpc) is 2.90. The van der Waals surface area contributed by atoms with E-state index in [1.807, 2.05) is 30.3 Å². The zero-order chi connectivity index (χ0) is 14.4. The Morgan fingerprint density at radius 2 is 1.90 bits per heavy atom. The molecule has 0 fully saturated rings. The van der Waals surface area contributed by atoms with Crippen molar-refractivity contribution in [3.8, 4) is 11.4 Å². The van der Waals surface area contributed by atoms with Gasteiger partial charge in [-0.1, -0.05) is 18.2 Å². The molecule has 0 spiro atoms. The SMILES string of the molecule is Fc1cc(F)c2nc(-c3cccc4ncccc34)[nH]c2c1. The topological polar surface area (TPSA) is 41.6 Å². The van der Waals surface area contributed by atoms with E-state index in [-0.39, 0.29) is 5.52 Å². The lowest BCUT2D eigenvalue weighted by Crippen LogP contribution is -1.85. The number of benzene rings is 2. The van der Waals surface area contributed by atoms with Crippen molar-refractivity contribution in [3.05, 3.63) is 60.3 Å². The maximum absolute atomic E-state index is 13.8. The van der Waals surface area contributed by atoms with Crippen LogP contribution in [0, 0.1) is 11.6 Å². The molecule has 0 bridgehead atoms. The summed E-state index contributed by atoms with van der Waals surface area (Å²) in [7, 11) is 0. The van der Waals surface area contributed by atoms with Crippen molar-refractivity contribution >= 4 is 21.9 Å². The van der Waals surface area contributed by atoms with Gasteiger partial charge < -0.3 is 4.98 Å². The Labute approximate surface area is 118 Å². The van der Waals surface area contributed by atoms with Crippen molar-refractivity contribution in [2.75, 3.05) is 0 Å². The second-order valence-electron chi connectivity index (χ2n) is 4.74. The fourth-order valence-electron chi connectivity index (χ4n) is 2.48. The quantitative estimate of drug-likeness (QED) is 0.571. The highest BCUT2D eigenvalue weighted by Crippen LogP contribution is 2.28. The number of nitrogens with zero attached hydrogens (tertiary/aromatic N) is 2. The van der Waals surface area contributed by atoms with Gasteiger partial charge in [-0.2, -0.15) is 0 Å². The van der Waals surface area contributed by atoms with Gasteiger partial charge in [0, 0.05) is 23.2 Å². The van der Waals surface area contributed by atoms with E-state index in [1.165, 1.54) is 6.07 Å². The van der Waals surface area contributed by atoms with Crippen molar-refractivity contribution in [1.82, 2.24) is 15.0 Å². The van der Waals surface area contributed by atoms with Gasteiger partial charge in [0.05, 0.1) is 11.0 Å². The highest BCUT2D eigenvalue weighted by Gasteiger charge is 2.12. The normalized spacial score (nSPS) is 11.3. The summed E-state index contributed by atoms with van der Waals surface area (Å²) in [5, 5.41) is 0.903. The molecule has 3 nitrogen and oxygen atoms in total. The van der Waals surface area contributed by atoms with Crippen LogP contribution in [-0.2, 0) is 0 Å². The third-order valence-corrected chi connectivity index (χ3v) is 3.41. The summed E-state index contributed by atoms with van der Waals surface area (Å²) in [6.07, 6.45) is 1.71. The highest BCUT2D eigenvalue weighted by atomic mass is 19.1. The summed E-state index contributed by atoms with van der Waals surface area (Å²) in [5.41, 5.74) is 2.09. The first kappa shape index (κ1) is 12.0. The molecule has 2 aromatic heterocycles. The van der Waals surface area contributed by atoms with Gasteiger partial charge in [-0.25, -0.2) is 13.8 Å². The van der Waals surface area contributed by atoms with Gasteiger partial charge in [-0.05, 0) is 18.2 Å². The minimum absolute atomic E-state index is 0.132. The van der Waals surface area contributed by atoms with Crippen LogP contribution in [0.15, 0.2) is 48.7 Å². The summed E-state index contributed by atoms with van der Waals surface area (Å²) in [5.74, 6) is -0.811. The molecule has 0 aliphatic rings. The standard InChI is InChI=1S/C16H9F2N3/c17-9-7-12(18)15-14(8-9)20-16(21-15)11-3-1-5-13-10(11)4-2-6-19-13/h1-8H,(H,20,21). The van der Waals surface area contributed by atoms with Crippen molar-refractivity contribution in [2.45, 2.75) is 0 Å². The molecule has 1 N–H and O–H groups in total. The van der Waals surface area contributed by atoms with Crippen LogP contribution in [0.4, 0.5) is 8.78 Å². The Morgan fingerprint density at radius 3 is 2.81 bits per heavy atom. The smallest absolute Gasteiger partial charge is 0.153 e. The van der Waals surface area contributed by atoms with Gasteiger partial charge in [0.2, 0.25) is 0 Å². The number of nitrogens with one attached hydrogen (secondary N) is 1. The van der Waals surface area contributed by atoms with E-state index < -0.39 is 11.6 Å². The molecule has 0 radical (unpaired) electrons. The van der Waals surface area contributed by atoms with Crippen LogP contribution in [0.3, 0.4) is 0 Å². The number of rotatable bonds is 1. The molecule has 2 heterocycles. The number of H-pyrrole nitrogens is 1. The first-order valence-electron chi connectivity index (χ1n) is 6.41. The lowest BCUT2D eigenvalue weighted by molar-refractivity contribution is 0.591. The number of hydrogen-bond donors (Lipinski definition) is 1. The van der Waals surface area contributed by atoms with Crippen LogP contribution >= 0.6 is 0 Å². The van der Waals surface area contributed by atoms with Gasteiger partial charge in [0.1, 0.15) is 17.2 Å². The van der Waals surface area contributed by atoms with Gasteiger partial charge in [-0.3, -0.25) is 4.98 Å². The predicted octanol–water partition coefficient (Wildman–Crippen LogP) is 4.06. The lowest BCUT2D eigenvalue weighted by atomic mass is 10.1. The summed E-state index contributed by atoms with van der Waals surface area (Å²) in [4.78, 5) is 11.5. The van der Waals surface area contributed by atoms with Gasteiger partial charge >= 0.3 is 0 Å². The number of aromatic nitrogens is 3. The highest BCUT2D eigenvalue weighted by molar-refractivity contribution is 5.94. The zero-order valence-corrected chi connectivity index (χ0v) is 10.8. The lowest BCUT2D eigenvalue weighted by Gasteiger charge is -2.02. The third-order valence-electron chi connectivity index (χ3n) is 3.41. The average molecular weight is 281 g/mol. The third kappa shape index (κ3) is 1.86. The van der Waals surface area contributed by atoms with Crippen molar-refractivity contribution in [1.29, 1.82) is 0 Å². The molecule has 0 amide bonds. The van der Waals surface area contributed by atoms with E-state index in [4.69, 9.17) is 0 Å². The number of pyridine rings is 1. The van der Waals surface area contributed by atoms with Crippen LogP contribution in [-0.4, -0.2) is 15.0 Å². The van der Waals surface area contributed by atoms with E-state index in [1.54, 1.807) is 6.20 Å². The largest absolute Gasteiger partial charge is 0.338 e. The Balaban J connectivity index is 2.03. The van der Waals surface area contributed by atoms with Crippen LogP contribution in [0.2, 0.25) is 0 Å². The second kappa shape index (κ2) is 4.34. The summed E-state index contributed by atoms with van der Waals surface area (Å²) in [6, 6.07) is 11.4. The van der Waals surface area contributed by atoms with Crippen LogP contribution in [0.5, 0.6) is 0 Å². The van der Waals surface area contributed by atoms with E-state index in [0.29, 0.717) is 11.3 Å². The monoisotopic (exact) mass is 281 g/mol. The van der Waals surface area contributed by atoms with Crippen molar-refractivity contribution in [2.24, 2.45) is 0 Å². The second-order valence-corrected chi connectivity index (χ2v) is 4.74. The fraction of sp³-hybridized carbons (Fsp3) is 0. The first-order chi connectivity index (χ1) is 10.2. The van der Waals surface area contributed by atoms with Crippen LogP contribution in [0.1, 0.15) is 0 Å². The molecular formula is C16H9F2N3. The van der Waals surface area contributed by atoms with E-state index >= 15 is 0 Å². The minimum atomic E-state index is -0.675. The minimum Gasteiger partial charge on any atom is -0.338 e. The summed E-state index contributed by atoms with van der Waals surface area (Å²) >= 11 is 0. The van der Waals surface area contributed by atoms with E-state index in [2.05, 4.69) is 15.0 Å². The molecule has 21 heavy (non-hydrogen) atoms. The van der Waals surface area contributed by atoms with Gasteiger partial charge in [0.25, 0.3) is 0 Å². The molecule has 0 aliphatic carbocycles. The number of aromatic amines is 1. The maximum Gasteiger partial charge on any atom is 0.153 e. The molecule has 0 unspecified atom stereocenters. The van der Waals surface area contributed by atoms with Crippen molar-refractivity contribution in [3.63, 3.8) is 0 Å². The van der Waals surface area contributed by atoms with E-state index in [0.717, 1.165) is 22.5 Å². The van der Waals surface area contributed by atoms with Crippen LogP contribution < -0.4 is 0 Å². The number of imidazole rings is 1. The molecule has 0 aliphatic heterocycles. The molecule has 4 aromatic rings. The zero-order valence-electron chi connectivity index (χ0n) is 10.8. The molecule has 2 aromatic carbocycles. The molecule has 5 heteroatoms. The van der Waals surface area contributed by atoms with Crippen LogP contribution in [0.25, 0.3) is 33.3 Å². The number of fused-ring (bicyclic) bond motifs is 2. The molecule has 102 valence electrons. The fourth-order valence-corrected chi connectivity index (χ4v) is 2.48. The maximum atomic E-state index is 13.8. The molecule has 0 saturated carbocycles. The van der Waals surface area contributed by atoms with E-state index in [9.17, 15) is 8.78 Å². The first-order valence-corrected chi connectivity index (χ1v) is 6.41. The Bertz CT molecular complexity index is 971. The Hall–Kier alpha value is -2.82. The van der Waals surface area contributed by atoms with Crippen molar-refractivity contribution < 1.29 is 8.78 Å². The number of halogens is 2. The Kier molecular flexibility index (Phi) is 2.47. The summed E-state index contributed by atoms with van der Waals surface area (Å²) in [6.45, 7) is 0. The van der Waals surface area contributed by atoms with Gasteiger partial charge in [0.15, 0.2) is 5.82 Å². The Morgan fingerprint density at radius 1 is 1.00 bits per heavy atom. The molecule has 0 saturated heterocycles. The molecule has 0 atom stereocenters. The summed E-state index contributed by atoms with van der Waals surface area (Å²) < 4.78 is 27.0.